The summed E-state index contributed by atoms with van der Waals surface area (Å²) < 4.78 is 52.8. The molecule has 1 fully saturated rings. The van der Waals surface area contributed by atoms with Gasteiger partial charge in [0.25, 0.3) is 0 Å². The van der Waals surface area contributed by atoms with Crippen molar-refractivity contribution in [2.45, 2.75) is 31.7 Å². The number of hydrogen-bond donors (Lipinski definition) is 1. The van der Waals surface area contributed by atoms with Crippen LogP contribution in [-0.4, -0.2) is 68.1 Å². The highest BCUT2D eigenvalue weighted by Crippen LogP contribution is 2.41. The first-order valence-corrected chi connectivity index (χ1v) is 12.3. The second-order valence-electron chi connectivity index (χ2n) is 8.64. The zero-order valence-corrected chi connectivity index (χ0v) is 19.8. The smallest absolute Gasteiger partial charge is 0.408 e. The first-order chi connectivity index (χ1) is 17.4. The van der Waals surface area contributed by atoms with Gasteiger partial charge in [-0.3, -0.25) is 4.68 Å². The lowest BCUT2D eigenvalue weighted by molar-refractivity contribution is -0.142. The van der Waals surface area contributed by atoms with Gasteiger partial charge in [0.05, 0.1) is 44.3 Å². The Bertz CT molecular complexity index is 1380. The molecule has 5 heterocycles. The molecule has 36 heavy (non-hydrogen) atoms. The van der Waals surface area contributed by atoms with E-state index in [-0.39, 0.29) is 5.82 Å². The van der Waals surface area contributed by atoms with Gasteiger partial charge in [-0.2, -0.15) is 23.4 Å². The van der Waals surface area contributed by atoms with Crippen LogP contribution >= 0.6 is 11.3 Å². The van der Waals surface area contributed by atoms with E-state index in [9.17, 15) is 13.2 Å². The van der Waals surface area contributed by atoms with E-state index in [2.05, 4.69) is 25.5 Å². The fourth-order valence-corrected chi connectivity index (χ4v) is 5.24. The second-order valence-corrected chi connectivity index (χ2v) is 9.72. The fraction of sp³-hybridized carbons (Fsp3) is 0.391. The Morgan fingerprint density at radius 3 is 2.86 bits per heavy atom. The van der Waals surface area contributed by atoms with Crippen molar-refractivity contribution in [1.82, 2.24) is 34.8 Å². The monoisotopic (exact) mass is 517 g/mol. The highest BCUT2D eigenvalue weighted by Gasteiger charge is 2.31. The predicted octanol–water partition coefficient (Wildman–Crippen LogP) is 3.42. The number of hydrogen-bond acceptors (Lipinski definition) is 8. The van der Waals surface area contributed by atoms with Crippen molar-refractivity contribution < 1.29 is 22.6 Å². The molecular formula is C23H22F3N7O2S. The van der Waals surface area contributed by atoms with Crippen molar-refractivity contribution in [1.29, 1.82) is 0 Å². The summed E-state index contributed by atoms with van der Waals surface area (Å²) in [5.74, 6) is 0.787. The minimum Gasteiger partial charge on any atom is -0.492 e. The molecule has 2 aliphatic rings. The summed E-state index contributed by atoms with van der Waals surface area (Å²) in [5, 5.41) is 12.0. The molecule has 13 heteroatoms. The largest absolute Gasteiger partial charge is 0.492 e. The van der Waals surface area contributed by atoms with Crippen molar-refractivity contribution in [2.75, 3.05) is 26.4 Å². The number of ether oxygens (including phenoxy) is 2. The van der Waals surface area contributed by atoms with Gasteiger partial charge in [0.2, 0.25) is 0 Å². The van der Waals surface area contributed by atoms with E-state index in [1.165, 1.54) is 11.3 Å². The number of nitrogens with zero attached hydrogens (tertiary/aromatic N) is 6. The van der Waals surface area contributed by atoms with Crippen LogP contribution in [0.2, 0.25) is 0 Å². The normalized spacial score (nSPS) is 15.6. The summed E-state index contributed by atoms with van der Waals surface area (Å²) in [6.07, 6.45) is 1.14. The molecule has 1 saturated heterocycles. The lowest BCUT2D eigenvalue weighted by Crippen LogP contribution is -2.46. The quantitative estimate of drug-likeness (QED) is 0.402. The van der Waals surface area contributed by atoms with Crippen molar-refractivity contribution in [3.63, 3.8) is 0 Å². The Balaban J connectivity index is 1.24. The van der Waals surface area contributed by atoms with Crippen LogP contribution in [0.5, 0.6) is 5.75 Å². The Hall–Kier alpha value is -3.29. The van der Waals surface area contributed by atoms with E-state index in [0.29, 0.717) is 35.5 Å². The predicted molar refractivity (Wildman–Crippen MR) is 126 cm³/mol. The molecule has 0 atom stereocenters. The van der Waals surface area contributed by atoms with Gasteiger partial charge in [0.1, 0.15) is 18.6 Å². The standard InChI is InChI=1S/C23H22F3N7O2S/c24-23(25,26)12-33-21(28-13-30-33)22-31-20-17-2-1-14(7-18(17)35-6-3-19(20)36-22)15-8-29-32(9-15)5-4-27-16-10-34-11-16/h1-2,7-9,13,16,27H,3-6,10-12H2. The molecule has 4 aromatic rings. The molecule has 0 spiro atoms. The van der Waals surface area contributed by atoms with E-state index in [4.69, 9.17) is 9.47 Å². The molecule has 0 radical (unpaired) electrons. The lowest BCUT2D eigenvalue weighted by Gasteiger charge is -2.26. The van der Waals surface area contributed by atoms with Crippen molar-refractivity contribution in [3.8, 4) is 39.0 Å². The van der Waals surface area contributed by atoms with E-state index in [1.54, 1.807) is 0 Å². The van der Waals surface area contributed by atoms with Crippen molar-refractivity contribution >= 4 is 11.3 Å². The number of nitrogens with one attached hydrogen (secondary N) is 1. The number of aromatic nitrogens is 6. The SMILES string of the molecule is FC(F)(F)Cn1ncnc1-c1nc2c(s1)CCOc1cc(-c3cnn(CCNC4COC4)c3)ccc1-2. The minimum atomic E-state index is -4.40. The van der Waals surface area contributed by atoms with Crippen molar-refractivity contribution in [3.05, 3.63) is 41.8 Å². The molecule has 1 N–H and O–H groups in total. The third kappa shape index (κ3) is 4.73. The molecule has 2 aliphatic heterocycles. The highest BCUT2D eigenvalue weighted by atomic mass is 32.1. The van der Waals surface area contributed by atoms with E-state index < -0.39 is 12.7 Å². The summed E-state index contributed by atoms with van der Waals surface area (Å²) >= 11 is 1.32. The number of halogens is 3. The van der Waals surface area contributed by atoms with Crippen LogP contribution in [0, 0.1) is 0 Å². The highest BCUT2D eigenvalue weighted by molar-refractivity contribution is 7.15. The van der Waals surface area contributed by atoms with E-state index in [0.717, 1.165) is 58.9 Å². The van der Waals surface area contributed by atoms with Gasteiger partial charge in [-0.1, -0.05) is 6.07 Å². The van der Waals surface area contributed by atoms with Crippen LogP contribution in [0.15, 0.2) is 36.9 Å². The van der Waals surface area contributed by atoms with Gasteiger partial charge in [0.15, 0.2) is 10.8 Å². The van der Waals surface area contributed by atoms with Gasteiger partial charge in [-0.15, -0.1) is 11.3 Å². The number of rotatable bonds is 7. The molecule has 188 valence electrons. The number of fused-ring (bicyclic) bond motifs is 3. The topological polar surface area (TPSA) is 91.9 Å². The van der Waals surface area contributed by atoms with Gasteiger partial charge in [-0.05, 0) is 17.7 Å². The van der Waals surface area contributed by atoms with Crippen molar-refractivity contribution in [2.24, 2.45) is 0 Å². The number of thiazole rings is 1. The van der Waals surface area contributed by atoms with E-state index in [1.807, 2.05) is 35.3 Å². The molecular weight excluding hydrogens is 495 g/mol. The molecule has 6 rings (SSSR count). The van der Waals surface area contributed by atoms with Crippen LogP contribution < -0.4 is 10.1 Å². The molecule has 3 aromatic heterocycles. The number of benzene rings is 1. The summed E-state index contributed by atoms with van der Waals surface area (Å²) in [5.41, 5.74) is 3.44. The molecule has 0 bridgehead atoms. The van der Waals surface area contributed by atoms with E-state index >= 15 is 0 Å². The molecule has 0 saturated carbocycles. The maximum Gasteiger partial charge on any atom is 0.408 e. The molecule has 9 nitrogen and oxygen atoms in total. The van der Waals surface area contributed by atoms with Crippen LogP contribution in [0.1, 0.15) is 4.88 Å². The molecule has 0 amide bonds. The van der Waals surface area contributed by atoms with Gasteiger partial charge >= 0.3 is 6.18 Å². The maximum absolute atomic E-state index is 12.9. The summed E-state index contributed by atoms with van der Waals surface area (Å²) in [6.45, 7) is 2.31. The first kappa shape index (κ1) is 23.1. The third-order valence-electron chi connectivity index (χ3n) is 6.04. The molecule has 0 aliphatic carbocycles. The fourth-order valence-electron chi connectivity index (χ4n) is 4.18. The Kier molecular flexibility index (Phi) is 5.97. The van der Waals surface area contributed by atoms with Crippen LogP contribution in [0.25, 0.3) is 33.2 Å². The van der Waals surface area contributed by atoms with Crippen LogP contribution in [-0.2, 0) is 24.2 Å². The maximum atomic E-state index is 12.9. The lowest BCUT2D eigenvalue weighted by atomic mass is 10.0. The van der Waals surface area contributed by atoms with Crippen LogP contribution in [0.3, 0.4) is 0 Å². The summed E-state index contributed by atoms with van der Waals surface area (Å²) in [6, 6.07) is 6.31. The average molecular weight is 518 g/mol. The Labute approximate surface area is 207 Å². The van der Waals surface area contributed by atoms with Gasteiger partial charge < -0.3 is 14.8 Å². The summed E-state index contributed by atoms with van der Waals surface area (Å²) in [7, 11) is 0. The zero-order chi connectivity index (χ0) is 24.7. The van der Waals surface area contributed by atoms with Gasteiger partial charge in [0, 0.05) is 35.2 Å². The minimum absolute atomic E-state index is 0.108. The third-order valence-corrected chi connectivity index (χ3v) is 7.15. The zero-order valence-electron chi connectivity index (χ0n) is 19.0. The Morgan fingerprint density at radius 2 is 2.06 bits per heavy atom. The average Bonchev–Trinajstić information content (AvgIpc) is 3.53. The summed E-state index contributed by atoms with van der Waals surface area (Å²) in [4.78, 5) is 9.64. The second kappa shape index (κ2) is 9.30. The number of alkyl halides is 3. The van der Waals surface area contributed by atoms with Gasteiger partial charge in [-0.25, -0.2) is 14.6 Å². The molecule has 1 aromatic carbocycles. The Morgan fingerprint density at radius 1 is 1.17 bits per heavy atom. The van der Waals surface area contributed by atoms with Crippen LogP contribution in [0.4, 0.5) is 13.2 Å². The first-order valence-electron chi connectivity index (χ1n) is 11.5. The molecule has 0 unspecified atom stereocenters.